The zero-order valence-corrected chi connectivity index (χ0v) is 13.9. The molecule has 0 radical (unpaired) electrons. The Hall–Kier alpha value is -2.93. The first-order valence-electron chi connectivity index (χ1n) is 7.68. The van der Waals surface area contributed by atoms with Gasteiger partial charge in [-0.1, -0.05) is 23.7 Å². The number of carbonyl (C=O) groups is 1. The van der Waals surface area contributed by atoms with Crippen LogP contribution in [0.5, 0.6) is 0 Å². The number of benzene rings is 2. The molecule has 25 heavy (non-hydrogen) atoms. The maximum absolute atomic E-state index is 12.2. The first-order valence-corrected chi connectivity index (χ1v) is 8.06. The van der Waals surface area contributed by atoms with Gasteiger partial charge in [0.05, 0.1) is 22.3 Å². The van der Waals surface area contributed by atoms with Gasteiger partial charge < -0.3 is 9.88 Å². The van der Waals surface area contributed by atoms with Crippen LogP contribution in [0.25, 0.3) is 11.0 Å². The third-order valence-corrected chi connectivity index (χ3v) is 4.02. The highest BCUT2D eigenvalue weighted by Gasteiger charge is 2.20. The smallest absolute Gasteiger partial charge is 0.282 e. The largest absolute Gasteiger partial charge is 0.352 e. The topological polar surface area (TPSA) is 90.1 Å². The van der Waals surface area contributed by atoms with E-state index in [-0.39, 0.29) is 16.3 Å². The summed E-state index contributed by atoms with van der Waals surface area (Å²) in [6.07, 6.45) is 2.43. The van der Waals surface area contributed by atoms with E-state index >= 15 is 0 Å². The van der Waals surface area contributed by atoms with E-state index in [0.717, 1.165) is 11.0 Å². The minimum atomic E-state index is -0.594. The number of hydrogen-bond acceptors (Lipinski definition) is 4. The second-order valence-corrected chi connectivity index (χ2v) is 5.89. The van der Waals surface area contributed by atoms with Gasteiger partial charge in [-0.15, -0.1) is 0 Å². The summed E-state index contributed by atoms with van der Waals surface area (Å²) in [6.45, 7) is 1.06. The molecule has 0 bridgehead atoms. The second-order valence-electron chi connectivity index (χ2n) is 5.45. The Morgan fingerprint density at radius 2 is 2.08 bits per heavy atom. The molecule has 3 rings (SSSR count). The predicted molar refractivity (Wildman–Crippen MR) is 94.8 cm³/mol. The van der Waals surface area contributed by atoms with Crippen LogP contribution in [0.15, 0.2) is 48.8 Å². The van der Waals surface area contributed by atoms with Crippen molar-refractivity contribution in [2.75, 3.05) is 6.54 Å². The van der Waals surface area contributed by atoms with Crippen molar-refractivity contribution in [3.05, 3.63) is 69.5 Å². The van der Waals surface area contributed by atoms with Crippen LogP contribution in [0, 0.1) is 10.1 Å². The Morgan fingerprint density at radius 3 is 2.88 bits per heavy atom. The van der Waals surface area contributed by atoms with E-state index in [1.165, 1.54) is 18.2 Å². The molecule has 3 aromatic rings. The van der Waals surface area contributed by atoms with E-state index in [2.05, 4.69) is 10.3 Å². The lowest BCUT2D eigenvalue weighted by Crippen LogP contribution is -2.26. The van der Waals surface area contributed by atoms with Gasteiger partial charge in [0.15, 0.2) is 0 Å². The molecule has 8 heteroatoms. The van der Waals surface area contributed by atoms with Crippen LogP contribution < -0.4 is 5.32 Å². The van der Waals surface area contributed by atoms with Crippen molar-refractivity contribution in [3.63, 3.8) is 0 Å². The summed E-state index contributed by atoms with van der Waals surface area (Å²) < 4.78 is 2.00. The summed E-state index contributed by atoms with van der Waals surface area (Å²) in [4.78, 5) is 26.9. The summed E-state index contributed by atoms with van der Waals surface area (Å²) in [5.74, 6) is -0.510. The molecule has 1 amide bonds. The Kier molecular flexibility index (Phi) is 4.95. The number of nitro benzene ring substituents is 1. The predicted octanol–water partition coefficient (Wildman–Crippen LogP) is 3.42. The SMILES string of the molecule is O=C(NCCCn1cnc2ccccc21)c1cc(Cl)ccc1[N+](=O)[O-]. The maximum Gasteiger partial charge on any atom is 0.282 e. The zero-order valence-electron chi connectivity index (χ0n) is 13.2. The van der Waals surface area contributed by atoms with Crippen molar-refractivity contribution in [2.45, 2.75) is 13.0 Å². The summed E-state index contributed by atoms with van der Waals surface area (Å²) in [6, 6.07) is 11.7. The van der Waals surface area contributed by atoms with Gasteiger partial charge in [-0.05, 0) is 30.7 Å². The number of nitrogens with zero attached hydrogens (tertiary/aromatic N) is 3. The van der Waals surface area contributed by atoms with Gasteiger partial charge in [0.25, 0.3) is 11.6 Å². The third-order valence-electron chi connectivity index (χ3n) is 3.79. The lowest BCUT2D eigenvalue weighted by atomic mass is 10.1. The van der Waals surface area contributed by atoms with Gasteiger partial charge in [0, 0.05) is 24.2 Å². The van der Waals surface area contributed by atoms with Gasteiger partial charge in [-0.3, -0.25) is 14.9 Å². The molecule has 2 aromatic carbocycles. The fraction of sp³-hybridized carbons (Fsp3) is 0.176. The van der Waals surface area contributed by atoms with Crippen LogP contribution in [0.2, 0.25) is 5.02 Å². The van der Waals surface area contributed by atoms with Crippen LogP contribution in [-0.4, -0.2) is 26.9 Å². The van der Waals surface area contributed by atoms with Crippen molar-refractivity contribution in [1.82, 2.24) is 14.9 Å². The summed E-state index contributed by atoms with van der Waals surface area (Å²) in [7, 11) is 0. The standard InChI is InChI=1S/C17H15ClN4O3/c18-12-6-7-15(22(24)25)13(10-12)17(23)19-8-3-9-21-11-20-14-4-1-2-5-16(14)21/h1-2,4-7,10-11H,3,8-9H2,(H,19,23). The number of para-hydroxylation sites is 2. The highest BCUT2D eigenvalue weighted by Crippen LogP contribution is 2.22. The van der Waals surface area contributed by atoms with Crippen LogP contribution in [0.4, 0.5) is 5.69 Å². The average molecular weight is 359 g/mol. The molecule has 0 unspecified atom stereocenters. The molecule has 7 nitrogen and oxygen atoms in total. The van der Waals surface area contributed by atoms with Crippen molar-refractivity contribution < 1.29 is 9.72 Å². The minimum absolute atomic E-state index is 0.0365. The molecule has 1 N–H and O–H groups in total. The molecular weight excluding hydrogens is 344 g/mol. The second kappa shape index (κ2) is 7.31. The van der Waals surface area contributed by atoms with Crippen LogP contribution in [0.3, 0.4) is 0 Å². The number of nitrogens with one attached hydrogen (secondary N) is 1. The van der Waals surface area contributed by atoms with Crippen molar-refractivity contribution in [3.8, 4) is 0 Å². The summed E-state index contributed by atoms with van der Waals surface area (Å²) in [5, 5.41) is 14.0. The Labute approximate surface area is 148 Å². The molecule has 1 heterocycles. The quantitative estimate of drug-likeness (QED) is 0.415. The molecule has 0 aliphatic heterocycles. The lowest BCUT2D eigenvalue weighted by molar-refractivity contribution is -0.385. The first-order chi connectivity index (χ1) is 12.1. The zero-order chi connectivity index (χ0) is 17.8. The summed E-state index contributed by atoms with van der Waals surface area (Å²) >= 11 is 5.84. The number of carbonyl (C=O) groups excluding carboxylic acids is 1. The number of fused-ring (bicyclic) bond motifs is 1. The third kappa shape index (κ3) is 3.77. The number of halogens is 1. The molecule has 0 saturated carbocycles. The summed E-state index contributed by atoms with van der Waals surface area (Å²) in [5.41, 5.74) is 1.65. The molecule has 1 aromatic heterocycles. The highest BCUT2D eigenvalue weighted by molar-refractivity contribution is 6.31. The molecule has 0 fully saturated rings. The maximum atomic E-state index is 12.2. The minimum Gasteiger partial charge on any atom is -0.352 e. The Morgan fingerprint density at radius 1 is 1.28 bits per heavy atom. The van der Waals surface area contributed by atoms with E-state index in [1.807, 2.05) is 28.8 Å². The van der Waals surface area contributed by atoms with Crippen molar-refractivity contribution in [1.29, 1.82) is 0 Å². The van der Waals surface area contributed by atoms with Crippen LogP contribution in [-0.2, 0) is 6.54 Å². The monoisotopic (exact) mass is 358 g/mol. The number of aryl methyl sites for hydroxylation is 1. The van der Waals surface area contributed by atoms with Gasteiger partial charge in [-0.2, -0.15) is 0 Å². The average Bonchev–Trinajstić information content (AvgIpc) is 3.01. The number of hydrogen-bond donors (Lipinski definition) is 1. The molecule has 0 spiro atoms. The molecule has 0 aliphatic rings. The Balaban J connectivity index is 1.60. The van der Waals surface area contributed by atoms with Crippen LogP contribution >= 0.6 is 11.6 Å². The molecule has 0 aliphatic carbocycles. The van der Waals surface area contributed by atoms with Gasteiger partial charge >= 0.3 is 0 Å². The highest BCUT2D eigenvalue weighted by atomic mass is 35.5. The fourth-order valence-electron chi connectivity index (χ4n) is 2.58. The normalized spacial score (nSPS) is 10.8. The van der Waals surface area contributed by atoms with Crippen LogP contribution in [0.1, 0.15) is 16.8 Å². The van der Waals surface area contributed by atoms with E-state index in [1.54, 1.807) is 6.33 Å². The first kappa shape index (κ1) is 16.9. The van der Waals surface area contributed by atoms with E-state index in [0.29, 0.717) is 19.5 Å². The van der Waals surface area contributed by atoms with E-state index in [4.69, 9.17) is 11.6 Å². The number of imidazole rings is 1. The van der Waals surface area contributed by atoms with Gasteiger partial charge in [0.1, 0.15) is 5.56 Å². The molecule has 128 valence electrons. The lowest BCUT2D eigenvalue weighted by Gasteiger charge is -2.07. The Bertz CT molecular complexity index is 939. The number of aromatic nitrogens is 2. The number of rotatable bonds is 6. The molecule has 0 saturated heterocycles. The van der Waals surface area contributed by atoms with Crippen molar-refractivity contribution in [2.24, 2.45) is 0 Å². The molecule has 0 atom stereocenters. The van der Waals surface area contributed by atoms with Gasteiger partial charge in [0.2, 0.25) is 0 Å². The van der Waals surface area contributed by atoms with Crippen molar-refractivity contribution >= 4 is 34.2 Å². The number of amides is 1. The molecular formula is C17H15ClN4O3. The van der Waals surface area contributed by atoms with E-state index in [9.17, 15) is 14.9 Å². The fourth-order valence-corrected chi connectivity index (χ4v) is 2.76. The van der Waals surface area contributed by atoms with E-state index < -0.39 is 10.8 Å². The van der Waals surface area contributed by atoms with Gasteiger partial charge in [-0.25, -0.2) is 4.98 Å². The number of nitro groups is 1.